The summed E-state index contributed by atoms with van der Waals surface area (Å²) in [6.07, 6.45) is 3.94. The minimum atomic E-state index is -0.324. The van der Waals surface area contributed by atoms with Gasteiger partial charge in [0.25, 0.3) is 0 Å². The lowest BCUT2D eigenvalue weighted by Crippen LogP contribution is -2.28. The molecule has 0 fully saturated rings. The van der Waals surface area contributed by atoms with Crippen molar-refractivity contribution in [3.63, 3.8) is 0 Å². The standard InChI is InChI=1S/C29H28Cl2N2OS/c1-28(2,3)20-13-18(14-21(27(20)34)29(4,5)6)26(25-15-17-9-7-8-10-24(17)35-25)33-32-23-12-11-19(30)16-22(23)31/h7-16H,1-6H3. The zero-order valence-corrected chi connectivity index (χ0v) is 23.1. The monoisotopic (exact) mass is 522 g/mol. The number of fused-ring (bicyclic) bond motifs is 1. The zero-order chi connectivity index (χ0) is 25.5. The molecule has 35 heavy (non-hydrogen) atoms. The first-order valence-corrected chi connectivity index (χ1v) is 13.0. The third kappa shape index (κ3) is 5.50. The molecule has 1 aromatic heterocycles. The van der Waals surface area contributed by atoms with Crippen molar-refractivity contribution in [2.75, 3.05) is 0 Å². The van der Waals surface area contributed by atoms with E-state index in [1.165, 1.54) is 0 Å². The van der Waals surface area contributed by atoms with Gasteiger partial charge in [-0.05, 0) is 58.7 Å². The van der Waals surface area contributed by atoms with E-state index in [9.17, 15) is 4.79 Å². The molecule has 0 amide bonds. The zero-order valence-electron chi connectivity index (χ0n) is 20.7. The van der Waals surface area contributed by atoms with Crippen LogP contribution < -0.4 is 0 Å². The number of hydrogen-bond donors (Lipinski definition) is 0. The van der Waals surface area contributed by atoms with E-state index in [2.05, 4.69) is 64.9 Å². The molecule has 180 valence electrons. The lowest BCUT2D eigenvalue weighted by atomic mass is 9.71. The number of Topliss-reactive ketones (excluding diaryl/α,β-unsaturated/α-hetero) is 1. The van der Waals surface area contributed by atoms with Crippen molar-refractivity contribution in [2.24, 2.45) is 21.1 Å². The van der Waals surface area contributed by atoms with Crippen molar-refractivity contribution >= 4 is 61.8 Å². The summed E-state index contributed by atoms with van der Waals surface area (Å²) in [6, 6.07) is 15.5. The number of thiophene rings is 1. The Morgan fingerprint density at radius 2 is 1.49 bits per heavy atom. The van der Waals surface area contributed by atoms with Gasteiger partial charge in [0.05, 0.1) is 9.90 Å². The first kappa shape index (κ1) is 25.6. The van der Waals surface area contributed by atoms with Gasteiger partial charge in [-0.2, -0.15) is 0 Å². The first-order valence-electron chi connectivity index (χ1n) is 11.4. The third-order valence-electron chi connectivity index (χ3n) is 5.80. The summed E-state index contributed by atoms with van der Waals surface area (Å²) in [5.41, 5.74) is 2.97. The van der Waals surface area contributed by atoms with Crippen molar-refractivity contribution in [2.45, 2.75) is 41.5 Å². The van der Waals surface area contributed by atoms with E-state index in [0.717, 1.165) is 31.7 Å². The quantitative estimate of drug-likeness (QED) is 0.315. The van der Waals surface area contributed by atoms with Crippen LogP contribution in [0.2, 0.25) is 10.0 Å². The average molecular weight is 524 g/mol. The molecule has 0 atom stereocenters. The van der Waals surface area contributed by atoms with Gasteiger partial charge in [0.15, 0.2) is 5.78 Å². The van der Waals surface area contributed by atoms with Gasteiger partial charge >= 0.3 is 0 Å². The Hall–Kier alpha value is -2.53. The van der Waals surface area contributed by atoms with Crippen molar-refractivity contribution < 1.29 is 4.79 Å². The molecule has 1 aliphatic rings. The fourth-order valence-electron chi connectivity index (χ4n) is 3.89. The molecule has 0 bridgehead atoms. The van der Waals surface area contributed by atoms with Crippen LogP contribution >= 0.6 is 34.5 Å². The molecule has 0 aliphatic heterocycles. The summed E-state index contributed by atoms with van der Waals surface area (Å²) in [4.78, 5) is 14.5. The van der Waals surface area contributed by atoms with E-state index in [0.29, 0.717) is 21.4 Å². The minimum Gasteiger partial charge on any atom is -0.289 e. The molecule has 0 saturated heterocycles. The molecule has 3 aromatic rings. The topological polar surface area (TPSA) is 41.8 Å². The number of hydrogen-bond acceptors (Lipinski definition) is 4. The smallest absolute Gasteiger partial charge is 0.186 e. The number of rotatable bonds is 3. The normalized spacial score (nSPS) is 15.1. The van der Waals surface area contributed by atoms with Crippen LogP contribution in [-0.2, 0) is 4.79 Å². The molecule has 0 radical (unpaired) electrons. The summed E-state index contributed by atoms with van der Waals surface area (Å²) in [6.45, 7) is 12.4. The van der Waals surface area contributed by atoms with Gasteiger partial charge in [0.1, 0.15) is 11.4 Å². The highest BCUT2D eigenvalue weighted by Crippen LogP contribution is 2.42. The molecule has 0 N–H and O–H groups in total. The van der Waals surface area contributed by atoms with Crippen molar-refractivity contribution in [1.29, 1.82) is 0 Å². The van der Waals surface area contributed by atoms with Gasteiger partial charge in [-0.1, -0.05) is 82.9 Å². The molecule has 6 heteroatoms. The molecule has 3 nitrogen and oxygen atoms in total. The maximum Gasteiger partial charge on any atom is 0.186 e. The fourth-order valence-corrected chi connectivity index (χ4v) is 5.41. The van der Waals surface area contributed by atoms with Crippen LogP contribution in [0.5, 0.6) is 0 Å². The Morgan fingerprint density at radius 1 is 0.857 bits per heavy atom. The highest BCUT2D eigenvalue weighted by atomic mass is 35.5. The predicted molar refractivity (Wildman–Crippen MR) is 150 cm³/mol. The van der Waals surface area contributed by atoms with Crippen molar-refractivity contribution in [3.8, 4) is 0 Å². The molecular weight excluding hydrogens is 495 g/mol. The maximum atomic E-state index is 13.5. The molecule has 0 unspecified atom stereocenters. The molecule has 1 aliphatic carbocycles. The van der Waals surface area contributed by atoms with E-state index in [-0.39, 0.29) is 16.6 Å². The highest BCUT2D eigenvalue weighted by Gasteiger charge is 2.34. The summed E-state index contributed by atoms with van der Waals surface area (Å²) < 4.78 is 1.16. The number of allylic oxidation sites excluding steroid dienone is 5. The second-order valence-corrected chi connectivity index (χ2v) is 12.6. The SMILES string of the molecule is CC(C)(C)C1=CC(=C(N=Nc2ccc(Cl)cc2Cl)c2cc3ccccc3s2)C=C(C(C)(C)C)C1=O. The number of carbonyl (C=O) groups excluding carboxylic acids is 1. The molecule has 0 spiro atoms. The second-order valence-electron chi connectivity index (χ2n) is 10.7. The maximum absolute atomic E-state index is 13.5. The van der Waals surface area contributed by atoms with Crippen LogP contribution in [0.15, 0.2) is 87.6 Å². The van der Waals surface area contributed by atoms with E-state index in [1.807, 2.05) is 24.3 Å². The number of benzene rings is 2. The molecule has 4 rings (SSSR count). The first-order chi connectivity index (χ1) is 16.3. The van der Waals surface area contributed by atoms with Crippen LogP contribution in [0.4, 0.5) is 5.69 Å². The van der Waals surface area contributed by atoms with Crippen molar-refractivity contribution in [3.05, 3.63) is 92.3 Å². The van der Waals surface area contributed by atoms with Crippen LogP contribution in [-0.4, -0.2) is 5.78 Å². The Balaban J connectivity index is 2.00. The van der Waals surface area contributed by atoms with Gasteiger partial charge in [0.2, 0.25) is 0 Å². The molecule has 1 heterocycles. The van der Waals surface area contributed by atoms with E-state index < -0.39 is 0 Å². The second kappa shape index (κ2) is 9.50. The minimum absolute atomic E-state index is 0.0853. The number of ketones is 1. The summed E-state index contributed by atoms with van der Waals surface area (Å²) in [5, 5.41) is 11.3. The third-order valence-corrected chi connectivity index (χ3v) is 7.47. The molecule has 0 saturated carbocycles. The Morgan fingerprint density at radius 3 is 2.06 bits per heavy atom. The van der Waals surface area contributed by atoms with E-state index in [1.54, 1.807) is 29.5 Å². The fraction of sp³-hybridized carbons (Fsp3) is 0.276. The summed E-state index contributed by atoms with van der Waals surface area (Å²) in [7, 11) is 0. The van der Waals surface area contributed by atoms with Gasteiger partial charge in [-0.15, -0.1) is 21.6 Å². The van der Waals surface area contributed by atoms with Gasteiger partial charge < -0.3 is 0 Å². The highest BCUT2D eigenvalue weighted by molar-refractivity contribution is 7.20. The number of azo groups is 1. The van der Waals surface area contributed by atoms with Gasteiger partial charge in [-0.25, -0.2) is 0 Å². The average Bonchev–Trinajstić information content (AvgIpc) is 3.18. The lowest BCUT2D eigenvalue weighted by molar-refractivity contribution is -0.114. The van der Waals surface area contributed by atoms with Crippen LogP contribution in [0.25, 0.3) is 15.8 Å². The molecular formula is C29H28Cl2N2OS. The van der Waals surface area contributed by atoms with E-state index >= 15 is 0 Å². The van der Waals surface area contributed by atoms with Gasteiger partial charge in [-0.3, -0.25) is 4.79 Å². The van der Waals surface area contributed by atoms with Crippen LogP contribution in [0.1, 0.15) is 46.4 Å². The van der Waals surface area contributed by atoms with E-state index in [4.69, 9.17) is 28.3 Å². The molecule has 2 aromatic carbocycles. The Kier molecular flexibility index (Phi) is 6.93. The number of halogens is 2. The largest absolute Gasteiger partial charge is 0.289 e. The predicted octanol–water partition coefficient (Wildman–Crippen LogP) is 10.2. The van der Waals surface area contributed by atoms with Gasteiger partial charge in [0, 0.05) is 26.4 Å². The summed E-state index contributed by atoms with van der Waals surface area (Å²) in [5.74, 6) is 0.0853. The van der Waals surface area contributed by atoms with Crippen LogP contribution in [0.3, 0.4) is 0 Å². The van der Waals surface area contributed by atoms with Crippen LogP contribution in [0, 0.1) is 10.8 Å². The summed E-state index contributed by atoms with van der Waals surface area (Å²) >= 11 is 14.1. The van der Waals surface area contributed by atoms with Crippen molar-refractivity contribution in [1.82, 2.24) is 0 Å². The lowest BCUT2D eigenvalue weighted by Gasteiger charge is -2.31. The Bertz CT molecular complexity index is 1370. The number of nitrogens with zero attached hydrogens (tertiary/aromatic N) is 2. The Labute approximate surface area is 220 Å². The number of carbonyl (C=O) groups is 1.